The standard InChI is InChI=1S/C24H25ClN4O2/c1-31-20-8-6-17(7-9-20)22-14-23(28-16-27-22)29-12-10-18(11-13-29)24(30)26-15-19-4-2-3-5-21(19)25/h2-9,14,16,18H,10-13,15H2,1H3,(H,26,30). The summed E-state index contributed by atoms with van der Waals surface area (Å²) in [5, 5.41) is 3.70. The zero-order valence-electron chi connectivity index (χ0n) is 17.4. The number of hydrogen-bond acceptors (Lipinski definition) is 5. The molecular weight excluding hydrogens is 412 g/mol. The van der Waals surface area contributed by atoms with Crippen LogP contribution in [0.2, 0.25) is 5.02 Å². The van der Waals surface area contributed by atoms with E-state index < -0.39 is 0 Å². The third kappa shape index (κ3) is 5.14. The summed E-state index contributed by atoms with van der Waals surface area (Å²) in [7, 11) is 1.65. The predicted octanol–water partition coefficient (Wildman–Crippen LogP) is 4.34. The highest BCUT2D eigenvalue weighted by atomic mass is 35.5. The Morgan fingerprint density at radius 3 is 2.58 bits per heavy atom. The molecule has 2 heterocycles. The predicted molar refractivity (Wildman–Crippen MR) is 122 cm³/mol. The van der Waals surface area contributed by atoms with Crippen LogP contribution < -0.4 is 15.0 Å². The zero-order chi connectivity index (χ0) is 21.6. The first-order valence-corrected chi connectivity index (χ1v) is 10.7. The Labute approximate surface area is 187 Å². The van der Waals surface area contributed by atoms with Gasteiger partial charge in [0, 0.05) is 42.2 Å². The van der Waals surface area contributed by atoms with E-state index in [4.69, 9.17) is 16.3 Å². The van der Waals surface area contributed by atoms with E-state index in [1.807, 2.05) is 54.6 Å². The Kier molecular flexibility index (Phi) is 6.67. The number of piperidine rings is 1. The molecule has 7 heteroatoms. The number of benzene rings is 2. The molecule has 1 aliphatic heterocycles. The van der Waals surface area contributed by atoms with Crippen molar-refractivity contribution in [3.8, 4) is 17.0 Å². The second kappa shape index (κ2) is 9.79. The third-order valence-electron chi connectivity index (χ3n) is 5.64. The molecule has 0 aliphatic carbocycles. The number of anilines is 1. The maximum Gasteiger partial charge on any atom is 0.223 e. The molecule has 2 aromatic carbocycles. The van der Waals surface area contributed by atoms with Crippen LogP contribution in [0.5, 0.6) is 5.75 Å². The van der Waals surface area contributed by atoms with Gasteiger partial charge in [0.1, 0.15) is 17.9 Å². The molecule has 0 atom stereocenters. The highest BCUT2D eigenvalue weighted by Gasteiger charge is 2.25. The summed E-state index contributed by atoms with van der Waals surface area (Å²) >= 11 is 6.18. The van der Waals surface area contributed by atoms with Crippen molar-refractivity contribution in [3.05, 3.63) is 71.5 Å². The van der Waals surface area contributed by atoms with E-state index in [0.29, 0.717) is 11.6 Å². The molecule has 1 fully saturated rings. The van der Waals surface area contributed by atoms with Crippen LogP contribution in [0.4, 0.5) is 5.82 Å². The Balaban J connectivity index is 1.34. The largest absolute Gasteiger partial charge is 0.497 e. The van der Waals surface area contributed by atoms with Crippen molar-refractivity contribution >= 4 is 23.3 Å². The second-order valence-corrected chi connectivity index (χ2v) is 7.97. The molecule has 0 bridgehead atoms. The van der Waals surface area contributed by atoms with Crippen molar-refractivity contribution < 1.29 is 9.53 Å². The molecule has 6 nitrogen and oxygen atoms in total. The minimum absolute atomic E-state index is 0.00151. The van der Waals surface area contributed by atoms with Gasteiger partial charge in [-0.05, 0) is 48.7 Å². The van der Waals surface area contributed by atoms with Crippen LogP contribution in [0, 0.1) is 5.92 Å². The summed E-state index contributed by atoms with van der Waals surface area (Å²) in [5.41, 5.74) is 2.81. The number of nitrogens with one attached hydrogen (secondary N) is 1. The zero-order valence-corrected chi connectivity index (χ0v) is 18.2. The van der Waals surface area contributed by atoms with Crippen LogP contribution in [0.3, 0.4) is 0 Å². The SMILES string of the molecule is COc1ccc(-c2cc(N3CCC(C(=O)NCc4ccccc4Cl)CC3)ncn2)cc1. The minimum atomic E-state index is 0.00151. The monoisotopic (exact) mass is 436 g/mol. The molecule has 31 heavy (non-hydrogen) atoms. The average Bonchev–Trinajstić information content (AvgIpc) is 2.83. The number of methoxy groups -OCH3 is 1. The molecule has 3 aromatic rings. The van der Waals surface area contributed by atoms with Crippen molar-refractivity contribution in [2.75, 3.05) is 25.1 Å². The number of carbonyl (C=O) groups is 1. The molecule has 160 valence electrons. The van der Waals surface area contributed by atoms with Crippen LogP contribution in [0.25, 0.3) is 11.3 Å². The van der Waals surface area contributed by atoms with E-state index >= 15 is 0 Å². The van der Waals surface area contributed by atoms with Gasteiger partial charge in [0.05, 0.1) is 12.8 Å². The van der Waals surface area contributed by atoms with Crippen LogP contribution >= 0.6 is 11.6 Å². The number of nitrogens with zero attached hydrogens (tertiary/aromatic N) is 3. The number of aromatic nitrogens is 2. The van der Waals surface area contributed by atoms with Crippen LogP contribution in [0.1, 0.15) is 18.4 Å². The lowest BCUT2D eigenvalue weighted by molar-refractivity contribution is -0.125. The first kappa shape index (κ1) is 21.1. The molecule has 1 aromatic heterocycles. The summed E-state index contributed by atoms with van der Waals surface area (Å²) in [4.78, 5) is 23.7. The quantitative estimate of drug-likeness (QED) is 0.622. The first-order valence-electron chi connectivity index (χ1n) is 10.4. The third-order valence-corrected chi connectivity index (χ3v) is 6.01. The van der Waals surface area contributed by atoms with Crippen molar-refractivity contribution in [1.82, 2.24) is 15.3 Å². The smallest absolute Gasteiger partial charge is 0.223 e. The highest BCUT2D eigenvalue weighted by Crippen LogP contribution is 2.26. The van der Waals surface area contributed by atoms with Gasteiger partial charge in [0.2, 0.25) is 5.91 Å². The average molecular weight is 437 g/mol. The molecule has 0 radical (unpaired) electrons. The van der Waals surface area contributed by atoms with Crippen LogP contribution in [0.15, 0.2) is 60.9 Å². The van der Waals surface area contributed by atoms with Gasteiger partial charge < -0.3 is 15.0 Å². The van der Waals surface area contributed by atoms with E-state index in [0.717, 1.165) is 54.3 Å². The maximum absolute atomic E-state index is 12.6. The van der Waals surface area contributed by atoms with E-state index in [-0.39, 0.29) is 11.8 Å². The van der Waals surface area contributed by atoms with Crippen molar-refractivity contribution in [3.63, 3.8) is 0 Å². The van der Waals surface area contributed by atoms with Gasteiger partial charge >= 0.3 is 0 Å². The number of ether oxygens (including phenoxy) is 1. The molecule has 0 spiro atoms. The fourth-order valence-electron chi connectivity index (χ4n) is 3.78. The van der Waals surface area contributed by atoms with Gasteiger partial charge in [-0.1, -0.05) is 29.8 Å². The van der Waals surface area contributed by atoms with Gasteiger partial charge in [-0.3, -0.25) is 4.79 Å². The van der Waals surface area contributed by atoms with Gasteiger partial charge in [-0.25, -0.2) is 9.97 Å². The Hall–Kier alpha value is -3.12. The van der Waals surface area contributed by atoms with Crippen molar-refractivity contribution in [2.45, 2.75) is 19.4 Å². The van der Waals surface area contributed by atoms with Crippen molar-refractivity contribution in [2.24, 2.45) is 5.92 Å². The number of carbonyl (C=O) groups excluding carboxylic acids is 1. The second-order valence-electron chi connectivity index (χ2n) is 7.56. The Morgan fingerprint density at radius 1 is 1.13 bits per heavy atom. The van der Waals surface area contributed by atoms with Crippen molar-refractivity contribution in [1.29, 1.82) is 0 Å². The molecule has 4 rings (SSSR count). The van der Waals surface area contributed by atoms with Gasteiger partial charge in [0.25, 0.3) is 0 Å². The number of hydrogen-bond donors (Lipinski definition) is 1. The van der Waals surface area contributed by atoms with Crippen LogP contribution in [-0.4, -0.2) is 36.1 Å². The maximum atomic E-state index is 12.6. The summed E-state index contributed by atoms with van der Waals surface area (Å²) < 4.78 is 5.22. The normalized spacial score (nSPS) is 14.3. The van der Waals surface area contributed by atoms with E-state index in [1.54, 1.807) is 13.4 Å². The molecule has 1 amide bonds. The van der Waals surface area contributed by atoms with Crippen LogP contribution in [-0.2, 0) is 11.3 Å². The van der Waals surface area contributed by atoms with E-state index in [2.05, 4.69) is 20.2 Å². The highest BCUT2D eigenvalue weighted by molar-refractivity contribution is 6.31. The number of rotatable bonds is 6. The molecule has 1 N–H and O–H groups in total. The summed E-state index contributed by atoms with van der Waals surface area (Å²) in [6.45, 7) is 2.02. The summed E-state index contributed by atoms with van der Waals surface area (Å²) in [6.07, 6.45) is 3.17. The molecule has 1 saturated heterocycles. The lowest BCUT2D eigenvalue weighted by Gasteiger charge is -2.32. The Morgan fingerprint density at radius 2 is 1.87 bits per heavy atom. The van der Waals surface area contributed by atoms with Gasteiger partial charge in [-0.2, -0.15) is 0 Å². The topological polar surface area (TPSA) is 67.3 Å². The first-order chi connectivity index (χ1) is 15.1. The fourth-order valence-corrected chi connectivity index (χ4v) is 3.98. The number of halogens is 1. The number of amides is 1. The Bertz CT molecular complexity index is 1030. The summed E-state index contributed by atoms with van der Waals surface area (Å²) in [5.74, 6) is 1.78. The molecule has 1 aliphatic rings. The fraction of sp³-hybridized carbons (Fsp3) is 0.292. The molecule has 0 unspecified atom stereocenters. The van der Waals surface area contributed by atoms with Gasteiger partial charge in [-0.15, -0.1) is 0 Å². The lowest BCUT2D eigenvalue weighted by atomic mass is 9.95. The minimum Gasteiger partial charge on any atom is -0.497 e. The molecule has 0 saturated carbocycles. The summed E-state index contributed by atoms with van der Waals surface area (Å²) in [6, 6.07) is 17.4. The van der Waals surface area contributed by atoms with E-state index in [1.165, 1.54) is 0 Å². The lowest BCUT2D eigenvalue weighted by Crippen LogP contribution is -2.40. The molecular formula is C24H25ClN4O2. The van der Waals surface area contributed by atoms with E-state index in [9.17, 15) is 4.79 Å². The van der Waals surface area contributed by atoms with Gasteiger partial charge in [0.15, 0.2) is 0 Å².